The summed E-state index contributed by atoms with van der Waals surface area (Å²) in [6.07, 6.45) is 3.43. The number of unbranched alkanes of at least 4 members (excludes halogenated alkanes) is 1. The van der Waals surface area contributed by atoms with Gasteiger partial charge in [-0.3, -0.25) is 10.4 Å². The second-order valence-corrected chi connectivity index (χ2v) is 4.12. The van der Waals surface area contributed by atoms with E-state index < -0.39 is 0 Å². The molecule has 5 nitrogen and oxygen atoms in total. The molecule has 1 fully saturated rings. The monoisotopic (exact) mass is 213 g/mol. The molecule has 1 heterocycles. The van der Waals surface area contributed by atoms with Crippen molar-refractivity contribution in [3.63, 3.8) is 0 Å². The third-order valence-electron chi connectivity index (χ3n) is 2.65. The fourth-order valence-corrected chi connectivity index (χ4v) is 1.73. The lowest BCUT2D eigenvalue weighted by Crippen LogP contribution is -2.47. The summed E-state index contributed by atoms with van der Waals surface area (Å²) >= 11 is 0. The largest absolute Gasteiger partial charge is 0.351 e. The molecule has 0 spiro atoms. The van der Waals surface area contributed by atoms with E-state index >= 15 is 0 Å². The first-order valence-corrected chi connectivity index (χ1v) is 5.72. The molecule has 0 radical (unpaired) electrons. The SMILES string of the molecule is CCCCN=C(NN)NC1CCN(C)C1. The Morgan fingerprint density at radius 3 is 2.93 bits per heavy atom. The molecule has 0 aliphatic carbocycles. The Balaban J connectivity index is 2.29. The van der Waals surface area contributed by atoms with Crippen LogP contribution >= 0.6 is 0 Å². The highest BCUT2D eigenvalue weighted by atomic mass is 15.3. The van der Waals surface area contributed by atoms with Crippen LogP contribution in [0, 0.1) is 0 Å². The van der Waals surface area contributed by atoms with Gasteiger partial charge in [0.05, 0.1) is 0 Å². The van der Waals surface area contributed by atoms with Crippen LogP contribution < -0.4 is 16.6 Å². The van der Waals surface area contributed by atoms with Gasteiger partial charge >= 0.3 is 0 Å². The number of guanidine groups is 1. The molecule has 4 N–H and O–H groups in total. The highest BCUT2D eigenvalue weighted by Gasteiger charge is 2.19. The van der Waals surface area contributed by atoms with Crippen molar-refractivity contribution in [1.82, 2.24) is 15.6 Å². The molecule has 88 valence electrons. The lowest BCUT2D eigenvalue weighted by molar-refractivity contribution is 0.406. The topological polar surface area (TPSA) is 65.7 Å². The summed E-state index contributed by atoms with van der Waals surface area (Å²) < 4.78 is 0. The molecule has 1 aliphatic rings. The van der Waals surface area contributed by atoms with Crippen LogP contribution in [0.4, 0.5) is 0 Å². The van der Waals surface area contributed by atoms with E-state index in [4.69, 9.17) is 5.84 Å². The zero-order chi connectivity index (χ0) is 11.1. The third kappa shape index (κ3) is 4.48. The number of likely N-dealkylation sites (N-methyl/N-ethyl adjacent to an activating group) is 1. The lowest BCUT2D eigenvalue weighted by atomic mass is 10.3. The van der Waals surface area contributed by atoms with Crippen molar-refractivity contribution in [2.75, 3.05) is 26.7 Å². The van der Waals surface area contributed by atoms with Gasteiger partial charge in [-0.15, -0.1) is 0 Å². The molecular weight excluding hydrogens is 190 g/mol. The quantitative estimate of drug-likeness (QED) is 0.201. The van der Waals surface area contributed by atoms with Crippen LogP contribution in [0.25, 0.3) is 0 Å². The highest BCUT2D eigenvalue weighted by Crippen LogP contribution is 2.05. The maximum atomic E-state index is 5.41. The smallest absolute Gasteiger partial charge is 0.205 e. The molecule has 1 aliphatic heterocycles. The van der Waals surface area contributed by atoms with E-state index in [1.54, 1.807) is 0 Å². The summed E-state index contributed by atoms with van der Waals surface area (Å²) in [6, 6.07) is 0.478. The molecule has 1 atom stereocenters. The summed E-state index contributed by atoms with van der Waals surface area (Å²) in [4.78, 5) is 6.67. The zero-order valence-electron chi connectivity index (χ0n) is 9.79. The molecule has 0 amide bonds. The first-order chi connectivity index (χ1) is 7.26. The van der Waals surface area contributed by atoms with Crippen LogP contribution in [0.3, 0.4) is 0 Å². The standard InChI is InChI=1S/C10H23N5/c1-3-4-6-12-10(14-11)13-9-5-7-15(2)8-9/h9H,3-8,11H2,1-2H3,(H2,12,13,14). The van der Waals surface area contributed by atoms with E-state index in [2.05, 4.69) is 34.6 Å². The zero-order valence-corrected chi connectivity index (χ0v) is 9.79. The number of nitrogens with zero attached hydrogens (tertiary/aromatic N) is 2. The summed E-state index contributed by atoms with van der Waals surface area (Å²) in [7, 11) is 2.13. The van der Waals surface area contributed by atoms with Crippen molar-refractivity contribution in [2.24, 2.45) is 10.8 Å². The van der Waals surface area contributed by atoms with Gasteiger partial charge in [-0.2, -0.15) is 0 Å². The van der Waals surface area contributed by atoms with Gasteiger partial charge < -0.3 is 10.2 Å². The van der Waals surface area contributed by atoms with Crippen molar-refractivity contribution in [3.05, 3.63) is 0 Å². The third-order valence-corrected chi connectivity index (χ3v) is 2.65. The highest BCUT2D eigenvalue weighted by molar-refractivity contribution is 5.79. The normalized spacial score (nSPS) is 23.1. The number of aliphatic imine (C=N–C) groups is 1. The Labute approximate surface area is 92.1 Å². The van der Waals surface area contributed by atoms with Crippen molar-refractivity contribution >= 4 is 5.96 Å². The minimum atomic E-state index is 0.478. The Bertz CT molecular complexity index is 204. The number of nitrogens with one attached hydrogen (secondary N) is 2. The van der Waals surface area contributed by atoms with Crippen LogP contribution in [0.2, 0.25) is 0 Å². The maximum Gasteiger partial charge on any atom is 0.205 e. The molecule has 1 unspecified atom stereocenters. The number of hydrogen-bond donors (Lipinski definition) is 3. The summed E-state index contributed by atoms with van der Waals surface area (Å²) in [5.74, 6) is 6.14. The maximum absolute atomic E-state index is 5.41. The first kappa shape index (κ1) is 12.3. The summed E-state index contributed by atoms with van der Waals surface area (Å²) in [6.45, 7) is 5.20. The van der Waals surface area contributed by atoms with Gasteiger partial charge in [0, 0.05) is 19.1 Å². The number of hydrogen-bond acceptors (Lipinski definition) is 3. The van der Waals surface area contributed by atoms with Crippen LogP contribution in [0.5, 0.6) is 0 Å². The van der Waals surface area contributed by atoms with Gasteiger partial charge in [-0.05, 0) is 26.4 Å². The van der Waals surface area contributed by atoms with E-state index in [1.165, 1.54) is 0 Å². The van der Waals surface area contributed by atoms with Crippen molar-refractivity contribution in [3.8, 4) is 0 Å². The van der Waals surface area contributed by atoms with Gasteiger partial charge in [0.1, 0.15) is 0 Å². The second kappa shape index (κ2) is 6.63. The van der Waals surface area contributed by atoms with Crippen LogP contribution in [-0.4, -0.2) is 43.6 Å². The molecule has 1 saturated heterocycles. The molecular formula is C10H23N5. The van der Waals surface area contributed by atoms with Crippen molar-refractivity contribution in [1.29, 1.82) is 0 Å². The summed E-state index contributed by atoms with van der Waals surface area (Å²) in [5.41, 5.74) is 2.62. The van der Waals surface area contributed by atoms with E-state index in [0.29, 0.717) is 6.04 Å². The van der Waals surface area contributed by atoms with Gasteiger partial charge in [0.25, 0.3) is 0 Å². The number of likely N-dealkylation sites (tertiary alicyclic amines) is 1. The van der Waals surface area contributed by atoms with E-state index in [9.17, 15) is 0 Å². The minimum Gasteiger partial charge on any atom is -0.351 e. The Morgan fingerprint density at radius 1 is 1.60 bits per heavy atom. The average molecular weight is 213 g/mol. The molecule has 0 aromatic carbocycles. The Morgan fingerprint density at radius 2 is 2.40 bits per heavy atom. The Hall–Kier alpha value is -0.810. The van der Waals surface area contributed by atoms with Gasteiger partial charge in [-0.25, -0.2) is 5.84 Å². The summed E-state index contributed by atoms with van der Waals surface area (Å²) in [5, 5.41) is 3.33. The van der Waals surface area contributed by atoms with E-state index in [-0.39, 0.29) is 0 Å². The van der Waals surface area contributed by atoms with Crippen LogP contribution in [-0.2, 0) is 0 Å². The van der Waals surface area contributed by atoms with Crippen molar-refractivity contribution in [2.45, 2.75) is 32.2 Å². The van der Waals surface area contributed by atoms with Gasteiger partial charge in [-0.1, -0.05) is 13.3 Å². The molecule has 0 saturated carbocycles. The second-order valence-electron chi connectivity index (χ2n) is 4.12. The Kier molecular flexibility index (Phi) is 5.42. The minimum absolute atomic E-state index is 0.478. The molecule has 15 heavy (non-hydrogen) atoms. The first-order valence-electron chi connectivity index (χ1n) is 5.72. The predicted molar refractivity (Wildman–Crippen MR) is 63.6 cm³/mol. The molecule has 0 aromatic heterocycles. The molecule has 5 heteroatoms. The fraction of sp³-hybridized carbons (Fsp3) is 0.900. The van der Waals surface area contributed by atoms with Crippen LogP contribution in [0.1, 0.15) is 26.2 Å². The van der Waals surface area contributed by atoms with Gasteiger partial charge in [0.2, 0.25) is 5.96 Å². The molecule has 1 rings (SSSR count). The number of nitrogens with two attached hydrogens (primary N) is 1. The van der Waals surface area contributed by atoms with Crippen LogP contribution in [0.15, 0.2) is 4.99 Å². The fourth-order valence-electron chi connectivity index (χ4n) is 1.73. The molecule has 0 bridgehead atoms. The average Bonchev–Trinajstić information content (AvgIpc) is 2.63. The van der Waals surface area contributed by atoms with E-state index in [1.807, 2.05) is 0 Å². The lowest BCUT2D eigenvalue weighted by Gasteiger charge is -2.15. The predicted octanol–water partition coefficient (Wildman–Crippen LogP) is -0.100. The van der Waals surface area contributed by atoms with E-state index in [0.717, 1.165) is 44.9 Å². The van der Waals surface area contributed by atoms with Crippen molar-refractivity contribution < 1.29 is 0 Å². The molecule has 0 aromatic rings. The number of hydrazine groups is 1. The van der Waals surface area contributed by atoms with Gasteiger partial charge in [0.15, 0.2) is 0 Å². The number of rotatable bonds is 4.